The van der Waals surface area contributed by atoms with Crippen LogP contribution in [0.5, 0.6) is 0 Å². The van der Waals surface area contributed by atoms with Crippen molar-refractivity contribution in [2.24, 2.45) is 0 Å². The number of ether oxygens (including phenoxy) is 4. The van der Waals surface area contributed by atoms with Crippen molar-refractivity contribution in [2.45, 2.75) is 51.7 Å². The molecule has 1 saturated carbocycles. The van der Waals surface area contributed by atoms with Gasteiger partial charge in [-0.05, 0) is 33.1 Å². The molecule has 0 aromatic heterocycles. The fourth-order valence-electron chi connectivity index (χ4n) is 1.89. The van der Waals surface area contributed by atoms with Gasteiger partial charge in [0.15, 0.2) is 0 Å². The summed E-state index contributed by atoms with van der Waals surface area (Å²) in [7, 11) is 0. The Morgan fingerprint density at radius 2 is 1.39 bits per heavy atom. The van der Waals surface area contributed by atoms with Gasteiger partial charge in [0, 0.05) is 6.42 Å². The topological polar surface area (TPSA) is 71.1 Å². The monoisotopic (exact) mass is 260 g/mol. The van der Waals surface area contributed by atoms with Gasteiger partial charge in [0.1, 0.15) is 12.2 Å². The molecule has 0 aromatic rings. The molecular weight excluding hydrogens is 240 g/mol. The second kappa shape index (κ2) is 7.79. The Morgan fingerprint density at radius 1 is 0.944 bits per heavy atom. The normalized spacial score (nSPS) is 23.0. The van der Waals surface area contributed by atoms with E-state index >= 15 is 0 Å². The molecule has 0 unspecified atom stereocenters. The summed E-state index contributed by atoms with van der Waals surface area (Å²) in [6, 6.07) is 0. The van der Waals surface area contributed by atoms with Crippen molar-refractivity contribution in [3.63, 3.8) is 0 Å². The van der Waals surface area contributed by atoms with Crippen LogP contribution in [0.1, 0.15) is 39.5 Å². The van der Waals surface area contributed by atoms with E-state index in [1.54, 1.807) is 13.8 Å². The Morgan fingerprint density at radius 3 is 1.78 bits per heavy atom. The van der Waals surface area contributed by atoms with Gasteiger partial charge in [-0.1, -0.05) is 0 Å². The SMILES string of the molecule is CCOC(=O)O[C@@H]1CCC[C@H](OC(=O)OCC)C1. The lowest BCUT2D eigenvalue weighted by Crippen LogP contribution is -2.31. The maximum atomic E-state index is 11.2. The Hall–Kier alpha value is -1.46. The van der Waals surface area contributed by atoms with E-state index in [-0.39, 0.29) is 25.4 Å². The molecule has 0 saturated heterocycles. The zero-order chi connectivity index (χ0) is 13.4. The van der Waals surface area contributed by atoms with Crippen LogP contribution in [0.4, 0.5) is 9.59 Å². The number of hydrogen-bond acceptors (Lipinski definition) is 6. The van der Waals surface area contributed by atoms with Gasteiger partial charge in [-0.2, -0.15) is 0 Å². The van der Waals surface area contributed by atoms with Gasteiger partial charge >= 0.3 is 12.3 Å². The molecule has 0 aromatic carbocycles. The third-order valence-corrected chi connectivity index (χ3v) is 2.63. The molecular formula is C12H20O6. The molecule has 0 amide bonds. The predicted molar refractivity (Wildman–Crippen MR) is 62.3 cm³/mol. The average Bonchev–Trinajstić information content (AvgIpc) is 2.29. The zero-order valence-corrected chi connectivity index (χ0v) is 10.8. The maximum absolute atomic E-state index is 11.2. The molecule has 18 heavy (non-hydrogen) atoms. The molecule has 1 aliphatic rings. The van der Waals surface area contributed by atoms with Crippen LogP contribution in [0.15, 0.2) is 0 Å². The highest BCUT2D eigenvalue weighted by Gasteiger charge is 2.28. The quantitative estimate of drug-likeness (QED) is 0.723. The summed E-state index contributed by atoms with van der Waals surface area (Å²) in [5, 5.41) is 0. The third-order valence-electron chi connectivity index (χ3n) is 2.63. The first-order valence-corrected chi connectivity index (χ1v) is 6.32. The summed E-state index contributed by atoms with van der Waals surface area (Å²) in [5.74, 6) is 0. The lowest BCUT2D eigenvalue weighted by molar-refractivity contribution is -0.0330. The van der Waals surface area contributed by atoms with Crippen LogP contribution < -0.4 is 0 Å². The second-order valence-corrected chi connectivity index (χ2v) is 4.01. The van der Waals surface area contributed by atoms with Gasteiger partial charge in [0.25, 0.3) is 0 Å². The van der Waals surface area contributed by atoms with Crippen molar-refractivity contribution >= 4 is 12.3 Å². The van der Waals surface area contributed by atoms with Crippen molar-refractivity contribution in [1.29, 1.82) is 0 Å². The van der Waals surface area contributed by atoms with E-state index < -0.39 is 12.3 Å². The average molecular weight is 260 g/mol. The fourth-order valence-corrected chi connectivity index (χ4v) is 1.89. The summed E-state index contributed by atoms with van der Waals surface area (Å²) in [6.07, 6.45) is 1.03. The first-order chi connectivity index (χ1) is 8.65. The van der Waals surface area contributed by atoms with Crippen LogP contribution in [-0.2, 0) is 18.9 Å². The standard InChI is InChI=1S/C12H20O6/c1-3-15-11(13)17-9-6-5-7-10(8-9)18-12(14)16-4-2/h9-10H,3-8H2,1-2H3/t9-,10+. The minimum absolute atomic E-state index is 0.253. The van der Waals surface area contributed by atoms with E-state index in [4.69, 9.17) is 18.9 Å². The number of carbonyl (C=O) groups is 2. The Bertz CT molecular complexity index is 252. The Labute approximate surface area is 107 Å². The van der Waals surface area contributed by atoms with Crippen molar-refractivity contribution in [3.8, 4) is 0 Å². The minimum Gasteiger partial charge on any atom is -0.435 e. The molecule has 6 heteroatoms. The van der Waals surface area contributed by atoms with E-state index in [1.165, 1.54) is 0 Å². The van der Waals surface area contributed by atoms with Gasteiger partial charge in [-0.3, -0.25) is 0 Å². The summed E-state index contributed by atoms with van der Waals surface area (Å²) in [4.78, 5) is 22.3. The fraction of sp³-hybridized carbons (Fsp3) is 0.833. The van der Waals surface area contributed by atoms with E-state index in [0.717, 1.165) is 19.3 Å². The molecule has 1 rings (SSSR count). The molecule has 2 atom stereocenters. The molecule has 1 aliphatic carbocycles. The molecule has 0 spiro atoms. The number of hydrogen-bond donors (Lipinski definition) is 0. The van der Waals surface area contributed by atoms with E-state index in [0.29, 0.717) is 6.42 Å². The zero-order valence-electron chi connectivity index (χ0n) is 10.8. The predicted octanol–water partition coefficient (Wildman–Crippen LogP) is 2.64. The van der Waals surface area contributed by atoms with Gasteiger partial charge in [-0.15, -0.1) is 0 Å². The molecule has 6 nitrogen and oxygen atoms in total. The Kier molecular flexibility index (Phi) is 6.32. The third kappa shape index (κ3) is 5.25. The second-order valence-electron chi connectivity index (χ2n) is 4.01. The van der Waals surface area contributed by atoms with Crippen molar-refractivity contribution in [2.75, 3.05) is 13.2 Å². The number of carbonyl (C=O) groups excluding carboxylic acids is 2. The lowest BCUT2D eigenvalue weighted by Gasteiger charge is -2.27. The van der Waals surface area contributed by atoms with Gasteiger partial charge < -0.3 is 18.9 Å². The van der Waals surface area contributed by atoms with Crippen LogP contribution in [0.2, 0.25) is 0 Å². The molecule has 0 aliphatic heterocycles. The van der Waals surface area contributed by atoms with Crippen molar-refractivity contribution < 1.29 is 28.5 Å². The van der Waals surface area contributed by atoms with Crippen LogP contribution in [0, 0.1) is 0 Å². The molecule has 0 heterocycles. The van der Waals surface area contributed by atoms with Gasteiger partial charge in [-0.25, -0.2) is 9.59 Å². The van der Waals surface area contributed by atoms with E-state index in [9.17, 15) is 9.59 Å². The van der Waals surface area contributed by atoms with Crippen molar-refractivity contribution in [3.05, 3.63) is 0 Å². The van der Waals surface area contributed by atoms with Crippen LogP contribution in [0.25, 0.3) is 0 Å². The summed E-state index contributed by atoms with van der Waals surface area (Å²) in [5.41, 5.74) is 0. The molecule has 0 N–H and O–H groups in total. The highest BCUT2D eigenvalue weighted by Crippen LogP contribution is 2.24. The molecule has 104 valence electrons. The van der Waals surface area contributed by atoms with Crippen LogP contribution in [-0.4, -0.2) is 37.7 Å². The minimum atomic E-state index is -0.667. The number of rotatable bonds is 4. The first-order valence-electron chi connectivity index (χ1n) is 6.32. The first kappa shape index (κ1) is 14.6. The highest BCUT2D eigenvalue weighted by molar-refractivity contribution is 5.60. The molecule has 1 fully saturated rings. The molecule has 0 bridgehead atoms. The lowest BCUT2D eigenvalue weighted by atomic mass is 9.95. The van der Waals surface area contributed by atoms with Gasteiger partial charge in [0.05, 0.1) is 13.2 Å². The van der Waals surface area contributed by atoms with Crippen LogP contribution in [0.3, 0.4) is 0 Å². The summed E-state index contributed by atoms with van der Waals surface area (Å²) in [6.45, 7) is 4.01. The largest absolute Gasteiger partial charge is 0.508 e. The Balaban J connectivity index is 2.31. The van der Waals surface area contributed by atoms with Crippen molar-refractivity contribution in [1.82, 2.24) is 0 Å². The highest BCUT2D eigenvalue weighted by atomic mass is 16.7. The smallest absolute Gasteiger partial charge is 0.435 e. The summed E-state index contributed by atoms with van der Waals surface area (Å²) >= 11 is 0. The van der Waals surface area contributed by atoms with E-state index in [1.807, 2.05) is 0 Å². The summed E-state index contributed by atoms with van der Waals surface area (Å²) < 4.78 is 19.6. The van der Waals surface area contributed by atoms with Crippen LogP contribution >= 0.6 is 0 Å². The van der Waals surface area contributed by atoms with Gasteiger partial charge in [0.2, 0.25) is 0 Å². The molecule has 0 radical (unpaired) electrons. The maximum Gasteiger partial charge on any atom is 0.508 e. The van der Waals surface area contributed by atoms with E-state index in [2.05, 4.69) is 0 Å².